The van der Waals surface area contributed by atoms with E-state index >= 15 is 0 Å². The number of rotatable bonds is 8. The molecule has 2 aromatic carbocycles. The van der Waals surface area contributed by atoms with E-state index in [-0.39, 0.29) is 23.0 Å². The zero-order valence-electron chi connectivity index (χ0n) is 26.5. The van der Waals surface area contributed by atoms with E-state index in [0.717, 1.165) is 81.8 Å². The Morgan fingerprint density at radius 3 is 2.36 bits per heavy atom. The molecule has 7 nitrogen and oxygen atoms in total. The minimum absolute atomic E-state index is 0.0329. The van der Waals surface area contributed by atoms with Crippen LogP contribution in [0.4, 0.5) is 5.69 Å². The van der Waals surface area contributed by atoms with Crippen LogP contribution in [0.25, 0.3) is 0 Å². The van der Waals surface area contributed by atoms with Gasteiger partial charge >= 0.3 is 0 Å². The summed E-state index contributed by atoms with van der Waals surface area (Å²) in [5, 5.41) is 3.74. The van der Waals surface area contributed by atoms with Crippen molar-refractivity contribution in [2.75, 3.05) is 44.6 Å². The highest BCUT2D eigenvalue weighted by Crippen LogP contribution is 2.38. The van der Waals surface area contributed by atoms with E-state index in [2.05, 4.69) is 80.5 Å². The van der Waals surface area contributed by atoms with Crippen molar-refractivity contribution in [1.82, 2.24) is 14.7 Å². The first-order chi connectivity index (χ1) is 19.9. The van der Waals surface area contributed by atoms with Gasteiger partial charge in [0.05, 0.1) is 6.10 Å². The first-order valence-corrected chi connectivity index (χ1v) is 18.7. The number of likely N-dealkylation sites (tertiary alicyclic amines) is 1. The number of benzene rings is 2. The van der Waals surface area contributed by atoms with Crippen LogP contribution in [0, 0.1) is 0 Å². The molecule has 0 spiro atoms. The predicted molar refractivity (Wildman–Crippen MR) is 172 cm³/mol. The zero-order valence-corrected chi connectivity index (χ0v) is 27.5. The fourth-order valence-corrected chi connectivity index (χ4v) is 7.66. The highest BCUT2D eigenvalue weighted by Gasteiger charge is 2.40. The van der Waals surface area contributed by atoms with Gasteiger partial charge in [-0.25, -0.2) is 0 Å². The lowest BCUT2D eigenvalue weighted by Crippen LogP contribution is -2.52. The normalized spacial score (nSPS) is 19.3. The molecule has 1 fully saturated rings. The number of nitrogens with one attached hydrogen (secondary N) is 1. The van der Waals surface area contributed by atoms with Crippen LogP contribution in [0.2, 0.25) is 18.1 Å². The summed E-state index contributed by atoms with van der Waals surface area (Å²) >= 11 is 0. The SMILES string of the molecule is CC(=O)N1CCC(Nc2ccc3c(c2)C(=O)N(CC(CN2CCc4ccccc4C2)O[Si](C)(C)C(C)(C)C)CC3)CC1. The van der Waals surface area contributed by atoms with Gasteiger partial charge in [0.1, 0.15) is 0 Å². The molecule has 0 radical (unpaired) electrons. The fraction of sp³-hybridized carbons (Fsp3) is 0.588. The van der Waals surface area contributed by atoms with E-state index in [1.54, 1.807) is 6.92 Å². The maximum absolute atomic E-state index is 13.9. The molecule has 3 aliphatic rings. The number of amides is 2. The van der Waals surface area contributed by atoms with Crippen molar-refractivity contribution in [3.05, 3.63) is 64.7 Å². The van der Waals surface area contributed by atoms with Crippen molar-refractivity contribution in [3.8, 4) is 0 Å². The van der Waals surface area contributed by atoms with Crippen molar-refractivity contribution >= 4 is 25.8 Å². The van der Waals surface area contributed by atoms with Crippen LogP contribution < -0.4 is 5.32 Å². The van der Waals surface area contributed by atoms with Gasteiger partial charge in [0.15, 0.2) is 8.32 Å². The van der Waals surface area contributed by atoms with Gasteiger partial charge in [0.2, 0.25) is 5.91 Å². The molecule has 1 N–H and O–H groups in total. The zero-order chi connectivity index (χ0) is 30.1. The van der Waals surface area contributed by atoms with Crippen LogP contribution in [-0.4, -0.2) is 86.2 Å². The number of carbonyl (C=O) groups excluding carboxylic acids is 2. The molecule has 1 unspecified atom stereocenters. The molecule has 2 amide bonds. The van der Waals surface area contributed by atoms with Crippen molar-refractivity contribution in [2.24, 2.45) is 0 Å². The average Bonchev–Trinajstić information content (AvgIpc) is 2.94. The van der Waals surface area contributed by atoms with Crippen LogP contribution in [0.15, 0.2) is 42.5 Å². The summed E-state index contributed by atoms with van der Waals surface area (Å²) < 4.78 is 7.04. The Morgan fingerprint density at radius 1 is 0.976 bits per heavy atom. The lowest BCUT2D eigenvalue weighted by Gasteiger charge is -2.43. The molecule has 42 heavy (non-hydrogen) atoms. The molecule has 0 aromatic heterocycles. The second kappa shape index (κ2) is 12.5. The Morgan fingerprint density at radius 2 is 1.67 bits per heavy atom. The minimum Gasteiger partial charge on any atom is -0.411 e. The largest absolute Gasteiger partial charge is 0.411 e. The molecule has 0 bridgehead atoms. The molecule has 0 aliphatic carbocycles. The van der Waals surface area contributed by atoms with Crippen LogP contribution in [0.5, 0.6) is 0 Å². The van der Waals surface area contributed by atoms with Gasteiger partial charge in [-0.15, -0.1) is 0 Å². The molecule has 1 saturated heterocycles. The highest BCUT2D eigenvalue weighted by atomic mass is 28.4. The minimum atomic E-state index is -2.05. The Kier molecular flexibility index (Phi) is 9.16. The summed E-state index contributed by atoms with van der Waals surface area (Å²) in [5.74, 6) is 0.257. The molecule has 0 saturated carbocycles. The van der Waals surface area contributed by atoms with E-state index in [1.807, 2.05) is 15.9 Å². The third-order valence-electron chi connectivity index (χ3n) is 9.95. The summed E-state index contributed by atoms with van der Waals surface area (Å²) in [4.78, 5) is 32.1. The molecule has 2 aromatic rings. The van der Waals surface area contributed by atoms with E-state index in [1.165, 1.54) is 11.1 Å². The van der Waals surface area contributed by atoms with Gasteiger partial charge in [0.25, 0.3) is 5.91 Å². The van der Waals surface area contributed by atoms with Crippen LogP contribution in [-0.2, 0) is 28.6 Å². The Balaban J connectivity index is 1.28. The van der Waals surface area contributed by atoms with Crippen molar-refractivity contribution in [2.45, 2.75) is 90.2 Å². The van der Waals surface area contributed by atoms with Crippen molar-refractivity contribution < 1.29 is 14.0 Å². The molecule has 3 aliphatic heterocycles. The van der Waals surface area contributed by atoms with E-state index in [0.29, 0.717) is 12.6 Å². The first kappa shape index (κ1) is 30.8. The third-order valence-corrected chi connectivity index (χ3v) is 14.5. The van der Waals surface area contributed by atoms with Gasteiger partial charge in [-0.2, -0.15) is 0 Å². The van der Waals surface area contributed by atoms with Gasteiger partial charge in [-0.05, 0) is 72.6 Å². The molecule has 3 heterocycles. The Bertz CT molecular complexity index is 1280. The maximum atomic E-state index is 13.9. The summed E-state index contributed by atoms with van der Waals surface area (Å²) in [6.45, 7) is 18.8. The van der Waals surface area contributed by atoms with Crippen LogP contribution >= 0.6 is 0 Å². The van der Waals surface area contributed by atoms with E-state index in [9.17, 15) is 9.59 Å². The Hall–Kier alpha value is -2.68. The van der Waals surface area contributed by atoms with Crippen molar-refractivity contribution in [3.63, 3.8) is 0 Å². The number of anilines is 1. The predicted octanol–water partition coefficient (Wildman–Crippen LogP) is 5.56. The summed E-state index contributed by atoms with van der Waals surface area (Å²) in [7, 11) is -2.05. The molecule has 5 rings (SSSR count). The summed E-state index contributed by atoms with van der Waals surface area (Å²) in [6.07, 6.45) is 3.73. The topological polar surface area (TPSA) is 65.1 Å². The third kappa shape index (κ3) is 7.09. The lowest BCUT2D eigenvalue weighted by atomic mass is 9.97. The van der Waals surface area contributed by atoms with Crippen molar-refractivity contribution in [1.29, 1.82) is 0 Å². The van der Waals surface area contributed by atoms with Gasteiger partial charge in [-0.3, -0.25) is 14.5 Å². The number of hydrogen-bond donors (Lipinski definition) is 1. The fourth-order valence-electron chi connectivity index (χ4n) is 6.33. The first-order valence-electron chi connectivity index (χ1n) is 15.8. The summed E-state index contributed by atoms with van der Waals surface area (Å²) in [6, 6.07) is 15.3. The van der Waals surface area contributed by atoms with Gasteiger partial charge in [-0.1, -0.05) is 51.1 Å². The van der Waals surface area contributed by atoms with Gasteiger partial charge in [0, 0.05) is 70.0 Å². The Labute approximate surface area is 253 Å². The number of piperidine rings is 1. The number of nitrogens with zero attached hydrogens (tertiary/aromatic N) is 3. The molecule has 8 heteroatoms. The molecular formula is C34H50N4O3Si. The molecular weight excluding hydrogens is 540 g/mol. The maximum Gasteiger partial charge on any atom is 0.254 e. The number of fused-ring (bicyclic) bond motifs is 2. The second-order valence-corrected chi connectivity index (χ2v) is 18.8. The lowest BCUT2D eigenvalue weighted by molar-refractivity contribution is -0.129. The van der Waals surface area contributed by atoms with Crippen LogP contribution in [0.1, 0.15) is 67.6 Å². The number of hydrogen-bond acceptors (Lipinski definition) is 5. The smallest absolute Gasteiger partial charge is 0.254 e. The van der Waals surface area contributed by atoms with E-state index < -0.39 is 8.32 Å². The average molecular weight is 591 g/mol. The molecule has 228 valence electrons. The number of carbonyl (C=O) groups is 2. The van der Waals surface area contributed by atoms with Gasteiger partial charge < -0.3 is 19.5 Å². The van der Waals surface area contributed by atoms with Crippen LogP contribution in [0.3, 0.4) is 0 Å². The molecule has 1 atom stereocenters. The van der Waals surface area contributed by atoms with E-state index in [4.69, 9.17) is 4.43 Å². The highest BCUT2D eigenvalue weighted by molar-refractivity contribution is 6.74. The quantitative estimate of drug-likeness (QED) is 0.408. The monoisotopic (exact) mass is 590 g/mol. The second-order valence-electron chi connectivity index (χ2n) is 14.1. The standard InChI is InChI=1S/C34H50N4O3Si/c1-25(39)37-19-15-29(16-20-37)35-30-12-11-27-14-18-38(33(40)32(27)21-30)24-31(41-42(5,6)34(2,3)4)23-36-17-13-26-9-7-8-10-28(26)22-36/h7-12,21,29,31,35H,13-20,22-24H2,1-6H3. The summed E-state index contributed by atoms with van der Waals surface area (Å²) in [5.41, 5.74) is 5.79.